The molecule has 0 aliphatic heterocycles. The second kappa shape index (κ2) is 11.5. The van der Waals surface area contributed by atoms with E-state index in [9.17, 15) is 0 Å². The van der Waals surface area contributed by atoms with Crippen molar-refractivity contribution in [3.8, 4) is 5.88 Å². The summed E-state index contributed by atoms with van der Waals surface area (Å²) < 4.78 is 5.94. The fourth-order valence-corrected chi connectivity index (χ4v) is 2.59. The van der Waals surface area contributed by atoms with Crippen LogP contribution in [0, 0.1) is 0 Å². The molecule has 1 aromatic rings. The minimum absolute atomic E-state index is 0. The Morgan fingerprint density at radius 2 is 2.04 bits per heavy atom. The number of hydrogen-bond acceptors (Lipinski definition) is 3. The summed E-state index contributed by atoms with van der Waals surface area (Å²) in [6.07, 6.45) is 9.50. The van der Waals surface area contributed by atoms with E-state index in [2.05, 4.69) is 33.6 Å². The molecule has 2 N–H and O–H groups in total. The number of aromatic nitrogens is 1. The normalized spacial score (nSPS) is 15.7. The third-order valence-corrected chi connectivity index (χ3v) is 3.86. The molecule has 0 amide bonds. The van der Waals surface area contributed by atoms with Gasteiger partial charge in [-0.3, -0.25) is 4.99 Å². The molecule has 2 rings (SSSR count). The number of nitrogens with one attached hydrogen (secondary N) is 2. The third kappa shape index (κ3) is 7.37. The van der Waals surface area contributed by atoms with Gasteiger partial charge < -0.3 is 15.4 Å². The first-order chi connectivity index (χ1) is 10.8. The van der Waals surface area contributed by atoms with Gasteiger partial charge in [-0.1, -0.05) is 19.4 Å². The van der Waals surface area contributed by atoms with Crippen LogP contribution in [0.25, 0.3) is 0 Å². The fourth-order valence-electron chi connectivity index (χ4n) is 2.59. The second-order valence-electron chi connectivity index (χ2n) is 5.74. The lowest BCUT2D eigenvalue weighted by Crippen LogP contribution is -2.37. The average Bonchev–Trinajstić information content (AvgIpc) is 2.57. The van der Waals surface area contributed by atoms with Gasteiger partial charge in [0.2, 0.25) is 5.88 Å². The number of halogens is 1. The van der Waals surface area contributed by atoms with Crippen LogP contribution >= 0.6 is 24.0 Å². The van der Waals surface area contributed by atoms with E-state index in [1.807, 2.05) is 12.3 Å². The predicted molar refractivity (Wildman–Crippen MR) is 106 cm³/mol. The maximum atomic E-state index is 5.94. The van der Waals surface area contributed by atoms with Gasteiger partial charge in [-0.25, -0.2) is 4.98 Å². The first kappa shape index (κ1) is 20.0. The Morgan fingerprint density at radius 1 is 1.26 bits per heavy atom. The van der Waals surface area contributed by atoms with Gasteiger partial charge in [0.15, 0.2) is 5.96 Å². The van der Waals surface area contributed by atoms with E-state index < -0.39 is 0 Å². The van der Waals surface area contributed by atoms with Gasteiger partial charge in [0, 0.05) is 32.4 Å². The van der Waals surface area contributed by atoms with Gasteiger partial charge in [-0.15, -0.1) is 24.0 Å². The van der Waals surface area contributed by atoms with E-state index in [1.165, 1.54) is 19.3 Å². The molecule has 0 spiro atoms. The molecule has 1 saturated carbocycles. The van der Waals surface area contributed by atoms with E-state index in [0.29, 0.717) is 12.6 Å². The summed E-state index contributed by atoms with van der Waals surface area (Å²) >= 11 is 0. The van der Waals surface area contributed by atoms with Crippen LogP contribution in [0.4, 0.5) is 0 Å². The highest BCUT2D eigenvalue weighted by Gasteiger charge is 2.15. The van der Waals surface area contributed by atoms with Crippen LogP contribution in [0.15, 0.2) is 23.3 Å². The maximum absolute atomic E-state index is 5.94. The first-order valence-corrected chi connectivity index (χ1v) is 8.38. The highest BCUT2D eigenvalue weighted by molar-refractivity contribution is 14.0. The number of rotatable bonds is 6. The Morgan fingerprint density at radius 3 is 2.65 bits per heavy atom. The summed E-state index contributed by atoms with van der Waals surface area (Å²) in [7, 11) is 1.78. The molecule has 1 heterocycles. The fraction of sp³-hybridized carbons (Fsp3) is 0.647. The van der Waals surface area contributed by atoms with Crippen molar-refractivity contribution in [1.82, 2.24) is 15.6 Å². The Hall–Kier alpha value is -1.05. The minimum atomic E-state index is 0. The zero-order chi connectivity index (χ0) is 15.6. The number of nitrogens with zero attached hydrogens (tertiary/aromatic N) is 2. The third-order valence-electron chi connectivity index (χ3n) is 3.86. The standard InChI is InChI=1S/C17H28N4O.HI/c1-3-11-19-17(18-2)21-13-14-9-10-16(20-12-14)22-15-7-5-4-6-8-15;/h9-10,12,15H,3-8,11,13H2,1-2H3,(H2,18,19,21);1H. The van der Waals surface area contributed by atoms with Gasteiger partial charge >= 0.3 is 0 Å². The molecule has 0 bridgehead atoms. The number of ether oxygens (including phenoxy) is 1. The minimum Gasteiger partial charge on any atom is -0.474 e. The van der Waals surface area contributed by atoms with Crippen molar-refractivity contribution in [3.63, 3.8) is 0 Å². The van der Waals surface area contributed by atoms with E-state index in [1.54, 1.807) is 7.05 Å². The van der Waals surface area contributed by atoms with Crippen LogP contribution in [0.3, 0.4) is 0 Å². The van der Waals surface area contributed by atoms with Crippen molar-refractivity contribution in [1.29, 1.82) is 0 Å². The molecule has 0 unspecified atom stereocenters. The zero-order valence-corrected chi connectivity index (χ0v) is 16.5. The van der Waals surface area contributed by atoms with Gasteiger partial charge in [0.25, 0.3) is 0 Å². The molecule has 0 saturated heterocycles. The van der Waals surface area contributed by atoms with E-state index in [4.69, 9.17) is 4.74 Å². The highest BCUT2D eigenvalue weighted by Crippen LogP contribution is 2.22. The predicted octanol–water partition coefficient (Wildman–Crippen LogP) is 3.49. The summed E-state index contributed by atoms with van der Waals surface area (Å²) in [4.78, 5) is 8.60. The summed E-state index contributed by atoms with van der Waals surface area (Å²) in [5, 5.41) is 6.53. The number of pyridine rings is 1. The Balaban J connectivity index is 0.00000264. The van der Waals surface area contributed by atoms with Crippen LogP contribution in [0.5, 0.6) is 5.88 Å². The molecule has 1 aliphatic carbocycles. The molecule has 1 aliphatic rings. The maximum Gasteiger partial charge on any atom is 0.213 e. The molecule has 130 valence electrons. The van der Waals surface area contributed by atoms with Gasteiger partial charge in [-0.05, 0) is 37.7 Å². The molecule has 0 radical (unpaired) electrons. The molecular weight excluding hydrogens is 403 g/mol. The second-order valence-corrected chi connectivity index (χ2v) is 5.74. The van der Waals surface area contributed by atoms with Crippen LogP contribution in [-0.4, -0.2) is 30.6 Å². The SMILES string of the molecule is CCCNC(=NC)NCc1ccc(OC2CCCCC2)nc1.I. The molecule has 0 aromatic carbocycles. The molecule has 23 heavy (non-hydrogen) atoms. The molecule has 6 heteroatoms. The zero-order valence-electron chi connectivity index (χ0n) is 14.2. The van der Waals surface area contributed by atoms with Crippen LogP contribution in [-0.2, 0) is 6.54 Å². The molecule has 1 aromatic heterocycles. The summed E-state index contributed by atoms with van der Waals surface area (Å²) in [6.45, 7) is 3.77. The summed E-state index contributed by atoms with van der Waals surface area (Å²) in [5.74, 6) is 1.56. The smallest absolute Gasteiger partial charge is 0.213 e. The summed E-state index contributed by atoms with van der Waals surface area (Å²) in [5.41, 5.74) is 1.12. The first-order valence-electron chi connectivity index (χ1n) is 8.38. The molecule has 5 nitrogen and oxygen atoms in total. The lowest BCUT2D eigenvalue weighted by molar-refractivity contribution is 0.148. The van der Waals surface area contributed by atoms with E-state index in [-0.39, 0.29) is 24.0 Å². The van der Waals surface area contributed by atoms with Crippen LogP contribution in [0.2, 0.25) is 0 Å². The molecular formula is C17H29IN4O. The van der Waals surface area contributed by atoms with Crippen molar-refractivity contribution in [3.05, 3.63) is 23.9 Å². The lowest BCUT2D eigenvalue weighted by atomic mass is 9.98. The largest absolute Gasteiger partial charge is 0.474 e. The highest BCUT2D eigenvalue weighted by atomic mass is 127. The lowest BCUT2D eigenvalue weighted by Gasteiger charge is -2.22. The quantitative estimate of drug-likeness (QED) is 0.411. The van der Waals surface area contributed by atoms with Gasteiger partial charge in [-0.2, -0.15) is 0 Å². The number of hydrogen-bond donors (Lipinski definition) is 2. The average molecular weight is 432 g/mol. The van der Waals surface area contributed by atoms with Crippen molar-refractivity contribution in [2.45, 2.75) is 58.1 Å². The van der Waals surface area contributed by atoms with E-state index >= 15 is 0 Å². The molecule has 0 atom stereocenters. The van der Waals surface area contributed by atoms with Crippen LogP contribution < -0.4 is 15.4 Å². The monoisotopic (exact) mass is 432 g/mol. The number of aliphatic imine (C=N–C) groups is 1. The van der Waals surface area contributed by atoms with E-state index in [0.717, 1.165) is 43.2 Å². The number of guanidine groups is 1. The Kier molecular flexibility index (Phi) is 9.98. The Labute approximate surface area is 156 Å². The van der Waals surface area contributed by atoms with Crippen molar-refractivity contribution in [2.24, 2.45) is 4.99 Å². The Bertz CT molecular complexity index is 458. The van der Waals surface area contributed by atoms with Crippen LogP contribution in [0.1, 0.15) is 51.0 Å². The van der Waals surface area contributed by atoms with Crippen molar-refractivity contribution >= 4 is 29.9 Å². The van der Waals surface area contributed by atoms with Gasteiger partial charge in [0.05, 0.1) is 0 Å². The topological polar surface area (TPSA) is 58.5 Å². The molecule has 1 fully saturated rings. The van der Waals surface area contributed by atoms with Crippen molar-refractivity contribution in [2.75, 3.05) is 13.6 Å². The summed E-state index contributed by atoms with van der Waals surface area (Å²) in [6, 6.07) is 4.03. The van der Waals surface area contributed by atoms with Gasteiger partial charge in [0.1, 0.15) is 6.10 Å². The van der Waals surface area contributed by atoms with Crippen molar-refractivity contribution < 1.29 is 4.74 Å².